The molecule has 0 aromatic heterocycles. The van der Waals surface area contributed by atoms with Crippen LogP contribution in [0.15, 0.2) is 42.5 Å². The Labute approximate surface area is 147 Å². The van der Waals surface area contributed by atoms with Gasteiger partial charge in [-0.25, -0.2) is 4.79 Å². The minimum Gasteiger partial charge on any atom is -0.495 e. The Balaban J connectivity index is 1.42. The molecular formula is C20H22N2O3. The summed E-state index contributed by atoms with van der Waals surface area (Å²) in [5, 5.41) is 2.96. The standard InChI is InChI=1S/C20H22N2O3/c1-24-19-5-3-2-4-17(19)21-20(23)22-10-8-16(13-22)14-6-7-18-15(12-14)9-11-25-18/h2-7,12,16H,8-11,13H2,1H3,(H,21,23)/t16-/m1/s1. The smallest absolute Gasteiger partial charge is 0.321 e. The molecule has 2 aromatic carbocycles. The number of benzene rings is 2. The molecule has 1 atom stereocenters. The van der Waals surface area contributed by atoms with Gasteiger partial charge < -0.3 is 19.7 Å². The van der Waals surface area contributed by atoms with Gasteiger partial charge in [-0.15, -0.1) is 0 Å². The molecule has 130 valence electrons. The molecule has 4 rings (SSSR count). The normalized spacial score (nSPS) is 18.6. The number of hydrogen-bond acceptors (Lipinski definition) is 3. The molecule has 1 N–H and O–H groups in total. The number of methoxy groups -OCH3 is 1. The number of rotatable bonds is 3. The average molecular weight is 338 g/mol. The van der Waals surface area contributed by atoms with E-state index in [1.807, 2.05) is 29.2 Å². The van der Waals surface area contributed by atoms with Crippen LogP contribution in [0, 0.1) is 0 Å². The summed E-state index contributed by atoms with van der Waals surface area (Å²) in [6, 6.07) is 13.8. The summed E-state index contributed by atoms with van der Waals surface area (Å²) in [5.41, 5.74) is 3.29. The molecule has 2 heterocycles. The number of nitrogens with one attached hydrogen (secondary N) is 1. The van der Waals surface area contributed by atoms with Gasteiger partial charge in [0.05, 0.1) is 19.4 Å². The van der Waals surface area contributed by atoms with Gasteiger partial charge in [-0.2, -0.15) is 0 Å². The molecule has 5 heteroatoms. The van der Waals surface area contributed by atoms with Gasteiger partial charge in [0.1, 0.15) is 11.5 Å². The maximum absolute atomic E-state index is 12.6. The summed E-state index contributed by atoms with van der Waals surface area (Å²) in [7, 11) is 1.61. The van der Waals surface area contributed by atoms with E-state index in [-0.39, 0.29) is 6.03 Å². The predicted octanol–water partition coefficient (Wildman–Crippen LogP) is 3.65. The number of hydrogen-bond donors (Lipinski definition) is 1. The molecule has 0 bridgehead atoms. The van der Waals surface area contributed by atoms with E-state index in [0.717, 1.165) is 38.3 Å². The molecule has 2 aromatic rings. The third-order valence-electron chi connectivity index (χ3n) is 5.01. The van der Waals surface area contributed by atoms with Crippen LogP contribution in [0.1, 0.15) is 23.5 Å². The Morgan fingerprint density at radius 3 is 3.04 bits per heavy atom. The molecule has 25 heavy (non-hydrogen) atoms. The maximum atomic E-state index is 12.6. The van der Waals surface area contributed by atoms with E-state index in [2.05, 4.69) is 23.5 Å². The van der Waals surface area contributed by atoms with Gasteiger partial charge >= 0.3 is 6.03 Å². The van der Waals surface area contributed by atoms with Gasteiger partial charge in [0.2, 0.25) is 0 Å². The van der Waals surface area contributed by atoms with Gasteiger partial charge in [0, 0.05) is 25.4 Å². The highest BCUT2D eigenvalue weighted by atomic mass is 16.5. The van der Waals surface area contributed by atoms with Gasteiger partial charge in [-0.3, -0.25) is 0 Å². The van der Waals surface area contributed by atoms with Crippen molar-refractivity contribution in [3.63, 3.8) is 0 Å². The zero-order chi connectivity index (χ0) is 17.2. The summed E-state index contributed by atoms with van der Waals surface area (Å²) in [4.78, 5) is 14.5. The summed E-state index contributed by atoms with van der Waals surface area (Å²) in [5.74, 6) is 2.06. The highest BCUT2D eigenvalue weighted by Gasteiger charge is 2.28. The first-order chi connectivity index (χ1) is 12.2. The van der Waals surface area contributed by atoms with Crippen molar-refractivity contribution >= 4 is 11.7 Å². The fourth-order valence-corrected chi connectivity index (χ4v) is 3.62. The lowest BCUT2D eigenvalue weighted by Crippen LogP contribution is -2.32. The summed E-state index contributed by atoms with van der Waals surface area (Å²) in [6.07, 6.45) is 1.97. The molecule has 2 aliphatic rings. The summed E-state index contributed by atoms with van der Waals surface area (Å²) < 4.78 is 10.9. The number of amides is 2. The minimum absolute atomic E-state index is 0.0727. The number of likely N-dealkylation sites (tertiary alicyclic amines) is 1. The molecular weight excluding hydrogens is 316 g/mol. The number of carbonyl (C=O) groups excluding carboxylic acids is 1. The number of para-hydroxylation sites is 2. The fourth-order valence-electron chi connectivity index (χ4n) is 3.62. The first-order valence-electron chi connectivity index (χ1n) is 8.69. The summed E-state index contributed by atoms with van der Waals surface area (Å²) >= 11 is 0. The van der Waals surface area contributed by atoms with Gasteiger partial charge in [0.25, 0.3) is 0 Å². The van der Waals surface area contributed by atoms with Crippen LogP contribution in [-0.4, -0.2) is 37.7 Å². The monoisotopic (exact) mass is 338 g/mol. The number of carbonyl (C=O) groups is 1. The van der Waals surface area contributed by atoms with Crippen molar-refractivity contribution in [1.82, 2.24) is 4.90 Å². The average Bonchev–Trinajstić information content (AvgIpc) is 3.30. The van der Waals surface area contributed by atoms with E-state index in [0.29, 0.717) is 17.4 Å². The molecule has 0 aliphatic carbocycles. The molecule has 0 spiro atoms. The lowest BCUT2D eigenvalue weighted by Gasteiger charge is -2.19. The van der Waals surface area contributed by atoms with Crippen LogP contribution in [0.3, 0.4) is 0 Å². The maximum Gasteiger partial charge on any atom is 0.321 e. The van der Waals surface area contributed by atoms with E-state index in [1.165, 1.54) is 11.1 Å². The van der Waals surface area contributed by atoms with Crippen molar-refractivity contribution in [3.05, 3.63) is 53.6 Å². The van der Waals surface area contributed by atoms with E-state index in [1.54, 1.807) is 7.11 Å². The molecule has 1 saturated heterocycles. The largest absolute Gasteiger partial charge is 0.495 e. The van der Waals surface area contributed by atoms with Crippen LogP contribution >= 0.6 is 0 Å². The van der Waals surface area contributed by atoms with E-state index in [4.69, 9.17) is 9.47 Å². The molecule has 0 unspecified atom stereocenters. The Hall–Kier alpha value is -2.69. The summed E-state index contributed by atoms with van der Waals surface area (Å²) in [6.45, 7) is 2.27. The fraction of sp³-hybridized carbons (Fsp3) is 0.350. The van der Waals surface area contributed by atoms with Crippen molar-refractivity contribution in [2.75, 3.05) is 32.1 Å². The molecule has 5 nitrogen and oxygen atoms in total. The molecule has 1 fully saturated rings. The van der Waals surface area contributed by atoms with Crippen LogP contribution in [0.5, 0.6) is 11.5 Å². The van der Waals surface area contributed by atoms with Crippen LogP contribution < -0.4 is 14.8 Å². The van der Waals surface area contributed by atoms with Crippen molar-refractivity contribution in [3.8, 4) is 11.5 Å². The van der Waals surface area contributed by atoms with Crippen molar-refractivity contribution in [2.45, 2.75) is 18.8 Å². The third-order valence-corrected chi connectivity index (χ3v) is 5.01. The zero-order valence-corrected chi connectivity index (χ0v) is 14.3. The topological polar surface area (TPSA) is 50.8 Å². The van der Waals surface area contributed by atoms with E-state index < -0.39 is 0 Å². The second-order valence-electron chi connectivity index (χ2n) is 6.53. The van der Waals surface area contributed by atoms with Gasteiger partial charge in [0.15, 0.2) is 0 Å². The Bertz CT molecular complexity index is 790. The third kappa shape index (κ3) is 3.14. The van der Waals surface area contributed by atoms with Gasteiger partial charge in [-0.05, 0) is 35.7 Å². The van der Waals surface area contributed by atoms with Crippen LogP contribution in [0.25, 0.3) is 0 Å². The molecule has 2 amide bonds. The molecule has 0 radical (unpaired) electrons. The molecule has 2 aliphatic heterocycles. The van der Waals surface area contributed by atoms with Crippen molar-refractivity contribution in [1.29, 1.82) is 0 Å². The number of nitrogens with zero attached hydrogens (tertiary/aromatic N) is 1. The Morgan fingerprint density at radius 2 is 2.16 bits per heavy atom. The number of urea groups is 1. The van der Waals surface area contributed by atoms with E-state index >= 15 is 0 Å². The van der Waals surface area contributed by atoms with Crippen molar-refractivity contribution < 1.29 is 14.3 Å². The highest BCUT2D eigenvalue weighted by Crippen LogP contribution is 2.33. The van der Waals surface area contributed by atoms with Crippen LogP contribution in [0.2, 0.25) is 0 Å². The predicted molar refractivity (Wildman–Crippen MR) is 96.6 cm³/mol. The second-order valence-corrected chi connectivity index (χ2v) is 6.53. The Kier molecular flexibility index (Phi) is 4.22. The first kappa shape index (κ1) is 15.8. The van der Waals surface area contributed by atoms with Crippen LogP contribution in [0.4, 0.5) is 10.5 Å². The SMILES string of the molecule is COc1ccccc1NC(=O)N1CC[C@@H](c2ccc3c(c2)CCO3)C1. The number of fused-ring (bicyclic) bond motifs is 1. The lowest BCUT2D eigenvalue weighted by molar-refractivity contribution is 0.222. The minimum atomic E-state index is -0.0727. The van der Waals surface area contributed by atoms with E-state index in [9.17, 15) is 4.79 Å². The Morgan fingerprint density at radius 1 is 1.28 bits per heavy atom. The number of anilines is 1. The van der Waals surface area contributed by atoms with Crippen molar-refractivity contribution in [2.24, 2.45) is 0 Å². The zero-order valence-electron chi connectivity index (χ0n) is 14.3. The van der Waals surface area contributed by atoms with Gasteiger partial charge in [-0.1, -0.05) is 24.3 Å². The molecule has 0 saturated carbocycles. The highest BCUT2D eigenvalue weighted by molar-refractivity contribution is 5.91. The first-order valence-corrected chi connectivity index (χ1v) is 8.69. The second kappa shape index (κ2) is 6.67. The van der Waals surface area contributed by atoms with Crippen LogP contribution in [-0.2, 0) is 6.42 Å². The lowest BCUT2D eigenvalue weighted by atomic mass is 9.96. The quantitative estimate of drug-likeness (QED) is 0.929. The number of ether oxygens (including phenoxy) is 2.